The molecule has 114 valence electrons. The fraction of sp³-hybridized carbons (Fsp3) is 0.467. The van der Waals surface area contributed by atoms with Gasteiger partial charge in [-0.25, -0.2) is 9.37 Å². The van der Waals surface area contributed by atoms with Gasteiger partial charge in [-0.2, -0.15) is 0 Å². The van der Waals surface area contributed by atoms with Gasteiger partial charge < -0.3 is 9.47 Å². The van der Waals surface area contributed by atoms with Crippen molar-refractivity contribution in [1.29, 1.82) is 0 Å². The average Bonchev–Trinajstić information content (AvgIpc) is 2.85. The van der Waals surface area contributed by atoms with E-state index in [9.17, 15) is 9.18 Å². The van der Waals surface area contributed by atoms with Gasteiger partial charge in [-0.3, -0.25) is 4.79 Å². The highest BCUT2D eigenvalue weighted by Gasteiger charge is 2.24. The number of rotatable bonds is 5. The highest BCUT2D eigenvalue weighted by Crippen LogP contribution is 2.24. The molecule has 0 radical (unpaired) electrons. The zero-order valence-electron chi connectivity index (χ0n) is 12.4. The number of carbonyl (C=O) groups excluding carboxylic acids is 1. The van der Waals surface area contributed by atoms with Crippen molar-refractivity contribution in [1.82, 2.24) is 14.5 Å². The van der Waals surface area contributed by atoms with E-state index in [0.29, 0.717) is 30.2 Å². The maximum atomic E-state index is 13.9. The molecule has 6 heteroatoms. The Morgan fingerprint density at radius 3 is 2.86 bits per heavy atom. The van der Waals surface area contributed by atoms with E-state index in [1.165, 1.54) is 6.07 Å². The quantitative estimate of drug-likeness (QED) is 0.796. The van der Waals surface area contributed by atoms with Crippen LogP contribution in [0.5, 0.6) is 0 Å². The van der Waals surface area contributed by atoms with Crippen LogP contribution in [0.25, 0.3) is 11.0 Å². The molecule has 0 N–H and O–H groups in total. The Morgan fingerprint density at radius 2 is 2.24 bits per heavy atom. The molecule has 1 unspecified atom stereocenters. The molecule has 0 spiro atoms. The number of aromatic nitrogens is 2. The predicted molar refractivity (Wildman–Crippen MR) is 82.1 cm³/mol. The molecule has 21 heavy (non-hydrogen) atoms. The lowest BCUT2D eigenvalue weighted by Crippen LogP contribution is -2.33. The number of carbonyl (C=O) groups is 1. The van der Waals surface area contributed by atoms with Crippen LogP contribution in [0.3, 0.4) is 0 Å². The van der Waals surface area contributed by atoms with Gasteiger partial charge in [-0.1, -0.05) is 6.07 Å². The Bertz CT molecular complexity index is 656. The first-order valence-corrected chi connectivity index (χ1v) is 7.51. The summed E-state index contributed by atoms with van der Waals surface area (Å²) in [5.41, 5.74) is 0.914. The monoisotopic (exact) mass is 311 g/mol. The molecule has 4 nitrogen and oxygen atoms in total. The molecule has 1 atom stereocenters. The minimum absolute atomic E-state index is 0.0307. The van der Waals surface area contributed by atoms with Crippen LogP contribution in [0.1, 0.15) is 25.7 Å². The van der Waals surface area contributed by atoms with E-state index in [0.717, 1.165) is 0 Å². The van der Waals surface area contributed by atoms with Crippen LogP contribution in [0, 0.1) is 5.82 Å². The van der Waals surface area contributed by atoms with Gasteiger partial charge in [-0.15, -0.1) is 11.6 Å². The molecule has 0 aliphatic rings. The lowest BCUT2D eigenvalue weighted by Gasteiger charge is -2.22. The molecule has 0 aliphatic carbocycles. The van der Waals surface area contributed by atoms with Gasteiger partial charge in [0.1, 0.15) is 17.4 Å². The van der Waals surface area contributed by atoms with Crippen molar-refractivity contribution in [3.63, 3.8) is 0 Å². The minimum atomic E-state index is -0.444. The first-order valence-electron chi connectivity index (χ1n) is 6.97. The maximum absolute atomic E-state index is 13.9. The number of halogens is 2. The largest absolute Gasteiger partial charge is 0.344 e. The van der Waals surface area contributed by atoms with Gasteiger partial charge in [0, 0.05) is 25.9 Å². The fourth-order valence-electron chi connectivity index (χ4n) is 2.41. The van der Waals surface area contributed by atoms with E-state index in [4.69, 9.17) is 11.6 Å². The van der Waals surface area contributed by atoms with Crippen molar-refractivity contribution >= 4 is 28.5 Å². The first-order chi connectivity index (χ1) is 10.0. The summed E-state index contributed by atoms with van der Waals surface area (Å²) in [6.07, 6.45) is 0.489. The molecule has 0 fully saturated rings. The maximum Gasteiger partial charge on any atom is 0.245 e. The molecule has 2 rings (SSSR count). The number of hydrogen-bond acceptors (Lipinski definition) is 2. The third kappa shape index (κ3) is 2.88. The Kier molecular flexibility index (Phi) is 4.83. The molecule has 1 aromatic heterocycles. The molecule has 0 saturated carbocycles. The van der Waals surface area contributed by atoms with E-state index < -0.39 is 6.04 Å². The highest BCUT2D eigenvalue weighted by atomic mass is 35.5. The number of hydrogen-bond donors (Lipinski definition) is 0. The van der Waals surface area contributed by atoms with Crippen molar-refractivity contribution in [2.24, 2.45) is 0 Å². The van der Waals surface area contributed by atoms with Gasteiger partial charge in [0.05, 0.1) is 5.52 Å². The van der Waals surface area contributed by atoms with Gasteiger partial charge >= 0.3 is 0 Å². The Morgan fingerprint density at radius 1 is 1.52 bits per heavy atom. The molecular formula is C15H19ClFN3O. The second kappa shape index (κ2) is 6.43. The second-order valence-corrected chi connectivity index (χ2v) is 5.35. The van der Waals surface area contributed by atoms with Crippen molar-refractivity contribution < 1.29 is 9.18 Å². The summed E-state index contributed by atoms with van der Waals surface area (Å²) in [4.78, 5) is 18.4. The van der Waals surface area contributed by atoms with Gasteiger partial charge in [-0.05, 0) is 26.0 Å². The number of aryl methyl sites for hydroxylation is 1. The number of para-hydroxylation sites is 1. The zero-order valence-corrected chi connectivity index (χ0v) is 13.2. The Labute approximate surface area is 128 Å². The molecule has 1 heterocycles. The van der Waals surface area contributed by atoms with Crippen molar-refractivity contribution in [2.45, 2.75) is 26.3 Å². The van der Waals surface area contributed by atoms with Crippen LogP contribution in [0.4, 0.5) is 4.39 Å². The first kappa shape index (κ1) is 15.8. The number of nitrogens with zero attached hydrogens (tertiary/aromatic N) is 3. The molecule has 1 aromatic carbocycles. The third-order valence-corrected chi connectivity index (χ3v) is 3.85. The van der Waals surface area contributed by atoms with Crippen LogP contribution in [-0.4, -0.2) is 39.8 Å². The number of amides is 1. The molecule has 1 amide bonds. The number of fused-ring (bicyclic) bond motifs is 1. The van der Waals surface area contributed by atoms with E-state index in [2.05, 4.69) is 4.98 Å². The lowest BCUT2D eigenvalue weighted by molar-refractivity contribution is -0.132. The van der Waals surface area contributed by atoms with Gasteiger partial charge in [0.25, 0.3) is 0 Å². The molecule has 0 saturated heterocycles. The summed E-state index contributed by atoms with van der Waals surface area (Å²) in [6.45, 7) is 4.34. The Balaban J connectivity index is 2.57. The molecule has 0 aliphatic heterocycles. The van der Waals surface area contributed by atoms with Gasteiger partial charge in [0.15, 0.2) is 5.82 Å². The smallest absolute Gasteiger partial charge is 0.245 e. The Hall–Kier alpha value is -1.62. The highest BCUT2D eigenvalue weighted by molar-refractivity contribution is 6.17. The van der Waals surface area contributed by atoms with Crippen LogP contribution in [0.15, 0.2) is 18.2 Å². The number of imidazole rings is 1. The minimum Gasteiger partial charge on any atom is -0.344 e. The lowest BCUT2D eigenvalue weighted by atomic mass is 10.2. The summed E-state index contributed by atoms with van der Waals surface area (Å²) in [7, 11) is 1.75. The van der Waals surface area contributed by atoms with Crippen LogP contribution in [0.2, 0.25) is 0 Å². The summed E-state index contributed by atoms with van der Waals surface area (Å²) in [6, 6.07) is 4.33. The van der Waals surface area contributed by atoms with E-state index >= 15 is 0 Å². The number of alkyl halides is 1. The van der Waals surface area contributed by atoms with Crippen molar-refractivity contribution in [2.75, 3.05) is 19.5 Å². The van der Waals surface area contributed by atoms with Crippen LogP contribution < -0.4 is 0 Å². The molecule has 2 aromatic rings. The standard InChI is InChI=1S/C15H19ClFN3O/c1-4-19(3)15(21)10(2)20-12-7-5-6-11(17)14(12)18-13(20)8-9-16/h5-7,10H,4,8-9H2,1-3H3. The normalized spacial score (nSPS) is 12.6. The molecule has 0 bridgehead atoms. The molecular weight excluding hydrogens is 293 g/mol. The van der Waals surface area contributed by atoms with Crippen molar-refractivity contribution in [3.05, 3.63) is 29.8 Å². The van der Waals surface area contributed by atoms with Crippen LogP contribution in [-0.2, 0) is 11.2 Å². The summed E-state index contributed by atoms with van der Waals surface area (Å²) >= 11 is 5.81. The fourth-order valence-corrected chi connectivity index (χ4v) is 2.58. The summed E-state index contributed by atoms with van der Waals surface area (Å²) in [5.74, 6) is 0.591. The average molecular weight is 312 g/mol. The van der Waals surface area contributed by atoms with Crippen molar-refractivity contribution in [3.8, 4) is 0 Å². The van der Waals surface area contributed by atoms with Gasteiger partial charge in [0.2, 0.25) is 5.91 Å². The number of likely N-dealkylation sites (N-methyl/N-ethyl adjacent to an activating group) is 1. The SMILES string of the molecule is CCN(C)C(=O)C(C)n1c(CCCl)nc2c(F)cccc21. The summed E-state index contributed by atoms with van der Waals surface area (Å²) in [5, 5.41) is 0. The third-order valence-electron chi connectivity index (χ3n) is 3.66. The van der Waals surface area contributed by atoms with E-state index in [1.54, 1.807) is 35.6 Å². The van der Waals surface area contributed by atoms with E-state index in [-0.39, 0.29) is 17.2 Å². The van der Waals surface area contributed by atoms with E-state index in [1.807, 2.05) is 6.92 Å². The zero-order chi connectivity index (χ0) is 15.6. The topological polar surface area (TPSA) is 38.1 Å². The number of benzene rings is 1. The van der Waals surface area contributed by atoms with Crippen LogP contribution >= 0.6 is 11.6 Å². The second-order valence-electron chi connectivity index (χ2n) is 4.97. The predicted octanol–water partition coefficient (Wildman–Crippen LogP) is 3.00. The summed E-state index contributed by atoms with van der Waals surface area (Å²) < 4.78 is 15.7.